The van der Waals surface area contributed by atoms with Crippen LogP contribution in [0.15, 0.2) is 36.5 Å². The predicted molar refractivity (Wildman–Crippen MR) is 128 cm³/mol. The number of amides is 1. The number of carbonyl (C=O) groups excluding carboxylic acids is 1. The molecule has 2 rings (SSSR count). The molecule has 1 radical (unpaired) electrons. The van der Waals surface area contributed by atoms with Crippen molar-refractivity contribution in [1.29, 1.82) is 0 Å². The molecule has 1 aromatic carbocycles. The third-order valence-corrected chi connectivity index (χ3v) is 5.31. The first-order valence-electron chi connectivity index (χ1n) is 10.7. The van der Waals surface area contributed by atoms with Crippen molar-refractivity contribution in [2.75, 3.05) is 0 Å². The topological polar surface area (TPSA) is 60.5 Å². The fourth-order valence-electron chi connectivity index (χ4n) is 2.94. The molecule has 0 aliphatic rings. The SMILES string of the molecule is CCC(Oc1ccc2ncccc2c1)C(=O)NC(C)(C)C#CC(O[Si](C)C)C(C)(C)C. The lowest BCUT2D eigenvalue weighted by molar-refractivity contribution is -0.129. The zero-order valence-corrected chi connectivity index (χ0v) is 21.0. The maximum Gasteiger partial charge on any atom is 0.262 e. The molecular weight excluding hydrogens is 404 g/mol. The fraction of sp³-hybridized carbons (Fsp3) is 0.520. The molecule has 0 fully saturated rings. The van der Waals surface area contributed by atoms with Crippen molar-refractivity contribution in [2.24, 2.45) is 5.41 Å². The number of fused-ring (bicyclic) bond motifs is 1. The van der Waals surface area contributed by atoms with Gasteiger partial charge in [-0.3, -0.25) is 9.78 Å². The molecule has 1 N–H and O–H groups in total. The van der Waals surface area contributed by atoms with Gasteiger partial charge < -0.3 is 14.5 Å². The van der Waals surface area contributed by atoms with E-state index < -0.39 is 20.7 Å². The summed E-state index contributed by atoms with van der Waals surface area (Å²) in [5, 5.41) is 4.00. The quantitative estimate of drug-likeness (QED) is 0.489. The summed E-state index contributed by atoms with van der Waals surface area (Å²) in [6, 6.07) is 9.50. The molecule has 0 saturated heterocycles. The fourth-order valence-corrected chi connectivity index (χ4v) is 3.82. The van der Waals surface area contributed by atoms with Crippen LogP contribution in [0.25, 0.3) is 10.9 Å². The number of pyridine rings is 1. The van der Waals surface area contributed by atoms with Crippen LogP contribution in [0.2, 0.25) is 13.1 Å². The number of benzene rings is 1. The van der Waals surface area contributed by atoms with Crippen molar-refractivity contribution in [3.05, 3.63) is 36.5 Å². The number of nitrogens with zero attached hydrogens (tertiary/aromatic N) is 1. The molecule has 167 valence electrons. The highest BCUT2D eigenvalue weighted by atomic mass is 28.3. The van der Waals surface area contributed by atoms with Gasteiger partial charge in [-0.25, -0.2) is 0 Å². The molecule has 2 unspecified atom stereocenters. The predicted octanol–water partition coefficient (Wildman–Crippen LogP) is 4.97. The lowest BCUT2D eigenvalue weighted by Gasteiger charge is -2.29. The number of carbonyl (C=O) groups is 1. The van der Waals surface area contributed by atoms with Crippen molar-refractivity contribution in [2.45, 2.75) is 78.8 Å². The standard InChI is InChI=1S/C25H35N2O3Si/c1-9-21(29-19-12-13-20-18(17-19)11-10-16-26-20)23(28)27-25(5,6)15-14-22(24(2,3)4)30-31(7)8/h10-13,16-17,21-22H,9H2,1-8H3,(H,27,28). The third-order valence-electron chi connectivity index (χ3n) is 4.61. The van der Waals surface area contributed by atoms with Gasteiger partial charge in [0, 0.05) is 11.6 Å². The Morgan fingerprint density at radius 1 is 1.19 bits per heavy atom. The van der Waals surface area contributed by atoms with Crippen LogP contribution in [0.1, 0.15) is 48.0 Å². The van der Waals surface area contributed by atoms with E-state index in [-0.39, 0.29) is 17.4 Å². The Morgan fingerprint density at radius 3 is 2.52 bits per heavy atom. The number of rotatable bonds is 7. The number of hydrogen-bond acceptors (Lipinski definition) is 4. The summed E-state index contributed by atoms with van der Waals surface area (Å²) in [5.74, 6) is 6.93. The number of aromatic nitrogens is 1. The van der Waals surface area contributed by atoms with E-state index in [1.807, 2.05) is 51.1 Å². The van der Waals surface area contributed by atoms with Gasteiger partial charge in [-0.15, -0.1) is 0 Å². The highest BCUT2D eigenvalue weighted by Gasteiger charge is 2.28. The van der Waals surface area contributed by atoms with Crippen molar-refractivity contribution in [3.63, 3.8) is 0 Å². The van der Waals surface area contributed by atoms with E-state index in [1.54, 1.807) is 6.20 Å². The number of hydrogen-bond donors (Lipinski definition) is 1. The summed E-state index contributed by atoms with van der Waals surface area (Å²) in [6.45, 7) is 16.3. The molecule has 1 heterocycles. The average Bonchev–Trinajstić information content (AvgIpc) is 2.67. The lowest BCUT2D eigenvalue weighted by atomic mass is 9.89. The summed E-state index contributed by atoms with van der Waals surface area (Å²) in [4.78, 5) is 17.3. The highest BCUT2D eigenvalue weighted by molar-refractivity contribution is 6.48. The summed E-state index contributed by atoms with van der Waals surface area (Å²) >= 11 is 0. The van der Waals surface area contributed by atoms with Crippen LogP contribution >= 0.6 is 0 Å². The first-order valence-corrected chi connectivity index (χ1v) is 13.1. The second-order valence-corrected chi connectivity index (χ2v) is 11.6. The number of nitrogens with one attached hydrogen (secondary N) is 1. The van der Waals surface area contributed by atoms with E-state index in [4.69, 9.17) is 9.16 Å². The van der Waals surface area contributed by atoms with Gasteiger partial charge in [-0.2, -0.15) is 0 Å². The van der Waals surface area contributed by atoms with Crippen LogP contribution in [0.3, 0.4) is 0 Å². The molecule has 0 saturated carbocycles. The van der Waals surface area contributed by atoms with Gasteiger partial charge >= 0.3 is 0 Å². The summed E-state index contributed by atoms with van der Waals surface area (Å²) in [6.07, 6.45) is 1.51. The maximum atomic E-state index is 12.9. The van der Waals surface area contributed by atoms with Crippen molar-refractivity contribution in [3.8, 4) is 17.6 Å². The zero-order valence-electron chi connectivity index (χ0n) is 20.0. The Labute approximate surface area is 188 Å². The van der Waals surface area contributed by atoms with E-state index in [0.29, 0.717) is 12.2 Å². The summed E-state index contributed by atoms with van der Waals surface area (Å²) in [5.41, 5.74) is 0.0836. The zero-order chi connectivity index (χ0) is 23.2. The van der Waals surface area contributed by atoms with E-state index >= 15 is 0 Å². The number of ether oxygens (including phenoxy) is 1. The van der Waals surface area contributed by atoms with Crippen molar-refractivity contribution < 1.29 is 14.0 Å². The van der Waals surface area contributed by atoms with Crippen LogP contribution in [-0.4, -0.2) is 37.7 Å². The molecule has 0 bridgehead atoms. The molecule has 0 spiro atoms. The highest BCUT2D eigenvalue weighted by Crippen LogP contribution is 2.23. The first-order chi connectivity index (χ1) is 14.4. The van der Waals surface area contributed by atoms with Gasteiger partial charge in [-0.1, -0.05) is 45.6 Å². The van der Waals surface area contributed by atoms with Gasteiger partial charge in [0.25, 0.3) is 5.91 Å². The largest absolute Gasteiger partial charge is 0.481 e. The molecule has 2 aromatic rings. The lowest BCUT2D eigenvalue weighted by Crippen LogP contribution is -2.48. The van der Waals surface area contributed by atoms with Crippen LogP contribution in [0.4, 0.5) is 0 Å². The van der Waals surface area contributed by atoms with Crippen LogP contribution in [0, 0.1) is 17.3 Å². The minimum absolute atomic E-state index is 0.102. The monoisotopic (exact) mass is 439 g/mol. The summed E-state index contributed by atoms with van der Waals surface area (Å²) in [7, 11) is -0.887. The van der Waals surface area contributed by atoms with Crippen LogP contribution < -0.4 is 10.1 Å². The van der Waals surface area contributed by atoms with Crippen molar-refractivity contribution in [1.82, 2.24) is 10.3 Å². The third kappa shape index (κ3) is 7.68. The molecule has 6 heteroatoms. The van der Waals surface area contributed by atoms with Gasteiger partial charge in [-0.05, 0) is 63.0 Å². The maximum absolute atomic E-state index is 12.9. The van der Waals surface area contributed by atoms with Gasteiger partial charge in [0.1, 0.15) is 11.9 Å². The Morgan fingerprint density at radius 2 is 1.90 bits per heavy atom. The van der Waals surface area contributed by atoms with E-state index in [1.165, 1.54) is 0 Å². The normalized spacial score (nSPS) is 14.0. The van der Waals surface area contributed by atoms with E-state index in [2.05, 4.69) is 56.0 Å². The van der Waals surface area contributed by atoms with Crippen molar-refractivity contribution >= 4 is 25.9 Å². The molecule has 2 atom stereocenters. The Bertz CT molecular complexity index is 954. The molecule has 0 aliphatic carbocycles. The Balaban J connectivity index is 2.11. The minimum atomic E-state index is -0.887. The van der Waals surface area contributed by atoms with Gasteiger partial charge in [0.05, 0.1) is 11.1 Å². The molecule has 5 nitrogen and oxygen atoms in total. The Hall–Kier alpha value is -2.36. The second kappa shape index (κ2) is 10.3. The first kappa shape index (κ1) is 24.9. The van der Waals surface area contributed by atoms with Crippen LogP contribution in [-0.2, 0) is 9.22 Å². The smallest absolute Gasteiger partial charge is 0.262 e. The average molecular weight is 440 g/mol. The minimum Gasteiger partial charge on any atom is -0.481 e. The van der Waals surface area contributed by atoms with E-state index in [0.717, 1.165) is 10.9 Å². The molecule has 0 aliphatic heterocycles. The Kier molecular flexibility index (Phi) is 8.27. The molecule has 31 heavy (non-hydrogen) atoms. The van der Waals surface area contributed by atoms with Crippen LogP contribution in [0.5, 0.6) is 5.75 Å². The van der Waals surface area contributed by atoms with Gasteiger partial charge in [0.15, 0.2) is 6.10 Å². The summed E-state index contributed by atoms with van der Waals surface area (Å²) < 4.78 is 12.1. The molecule has 1 amide bonds. The molecular formula is C25H35N2O3Si. The molecule has 1 aromatic heterocycles. The van der Waals surface area contributed by atoms with Gasteiger partial charge in [0.2, 0.25) is 9.04 Å². The second-order valence-electron chi connectivity index (χ2n) is 9.53. The van der Waals surface area contributed by atoms with E-state index in [9.17, 15) is 4.79 Å².